The van der Waals surface area contributed by atoms with Crippen molar-refractivity contribution in [2.75, 3.05) is 11.9 Å². The van der Waals surface area contributed by atoms with Crippen molar-refractivity contribution in [2.24, 2.45) is 0 Å². The second-order valence-electron chi connectivity index (χ2n) is 10.8. The molecule has 3 saturated carbocycles. The molecule has 0 atom stereocenters. The number of anilines is 1. The summed E-state index contributed by atoms with van der Waals surface area (Å²) in [6, 6.07) is 9.33. The standard InChI is InChI=1S/C27H30N6O4/c1-25(2,36)23(34)16-30-24(35)19-15-29-21(22-4-3-18-11-17(13-28)14-31-33(18)22)12-20(19)32-26-5-8-27(37,9-6-26)10-7-26/h3-4,11-12,14-15,36-37H,5-10,16H2,1-2H3,(H,29,32)(H,30,35). The van der Waals surface area contributed by atoms with Gasteiger partial charge in [0.1, 0.15) is 11.7 Å². The highest BCUT2D eigenvalue weighted by molar-refractivity contribution is 6.02. The lowest BCUT2D eigenvalue weighted by Gasteiger charge is -2.51. The maximum absolute atomic E-state index is 13.2. The molecule has 192 valence electrons. The Bertz CT molecular complexity index is 1410. The van der Waals surface area contributed by atoms with Crippen LogP contribution >= 0.6 is 0 Å². The van der Waals surface area contributed by atoms with Gasteiger partial charge in [-0.25, -0.2) is 4.52 Å². The van der Waals surface area contributed by atoms with Crippen LogP contribution in [0, 0.1) is 11.3 Å². The van der Waals surface area contributed by atoms with E-state index in [1.165, 1.54) is 26.2 Å². The zero-order chi connectivity index (χ0) is 26.4. The summed E-state index contributed by atoms with van der Waals surface area (Å²) < 4.78 is 1.69. The molecule has 3 aromatic heterocycles. The Hall–Kier alpha value is -3.81. The van der Waals surface area contributed by atoms with Gasteiger partial charge in [-0.05, 0) is 76.6 Å². The van der Waals surface area contributed by atoms with Crippen LogP contribution in [0.4, 0.5) is 5.69 Å². The molecule has 0 aliphatic heterocycles. The van der Waals surface area contributed by atoms with Crippen LogP contribution in [0.1, 0.15) is 68.3 Å². The van der Waals surface area contributed by atoms with Gasteiger partial charge in [0.2, 0.25) is 0 Å². The number of pyridine rings is 1. The van der Waals surface area contributed by atoms with Crippen molar-refractivity contribution in [1.29, 1.82) is 5.26 Å². The number of rotatable bonds is 7. The van der Waals surface area contributed by atoms with Gasteiger partial charge >= 0.3 is 0 Å². The highest BCUT2D eigenvalue weighted by atomic mass is 16.3. The number of fused-ring (bicyclic) bond motifs is 4. The summed E-state index contributed by atoms with van der Waals surface area (Å²) >= 11 is 0. The molecule has 0 unspecified atom stereocenters. The molecule has 6 rings (SSSR count). The quantitative estimate of drug-likeness (QED) is 0.385. The van der Waals surface area contributed by atoms with Crippen LogP contribution in [0.15, 0.2) is 36.7 Å². The summed E-state index contributed by atoms with van der Waals surface area (Å²) in [7, 11) is 0. The molecule has 3 fully saturated rings. The maximum Gasteiger partial charge on any atom is 0.255 e. The van der Waals surface area contributed by atoms with Crippen LogP contribution < -0.4 is 10.6 Å². The molecule has 3 aliphatic rings. The minimum Gasteiger partial charge on any atom is -0.390 e. The first-order valence-corrected chi connectivity index (χ1v) is 12.4. The molecular weight excluding hydrogens is 472 g/mol. The van der Waals surface area contributed by atoms with E-state index in [-0.39, 0.29) is 17.6 Å². The van der Waals surface area contributed by atoms with Gasteiger partial charge in [0.25, 0.3) is 5.91 Å². The van der Waals surface area contributed by atoms with E-state index in [0.29, 0.717) is 41.9 Å². The van der Waals surface area contributed by atoms with Crippen LogP contribution in [0.3, 0.4) is 0 Å². The van der Waals surface area contributed by atoms with Gasteiger partial charge in [-0.15, -0.1) is 0 Å². The van der Waals surface area contributed by atoms with Crippen LogP contribution in [0.2, 0.25) is 0 Å². The summed E-state index contributed by atoms with van der Waals surface area (Å²) in [5, 5.41) is 40.3. The number of Topliss-reactive ketones (excluding diaryl/α,β-unsaturated/α-hetero) is 1. The van der Waals surface area contributed by atoms with E-state index in [4.69, 9.17) is 0 Å². The Morgan fingerprint density at radius 2 is 1.84 bits per heavy atom. The summed E-state index contributed by atoms with van der Waals surface area (Å²) in [6.45, 7) is 2.45. The second-order valence-corrected chi connectivity index (χ2v) is 10.8. The Balaban J connectivity index is 1.50. The van der Waals surface area contributed by atoms with E-state index >= 15 is 0 Å². The number of carbonyl (C=O) groups excluding carboxylic acids is 2. The zero-order valence-corrected chi connectivity index (χ0v) is 20.9. The third-order valence-electron chi connectivity index (χ3n) is 7.74. The summed E-state index contributed by atoms with van der Waals surface area (Å²) in [6.07, 6.45) is 7.42. The summed E-state index contributed by atoms with van der Waals surface area (Å²) in [5.41, 5.74) is 0.955. The van der Waals surface area contributed by atoms with Gasteiger partial charge in [-0.1, -0.05) is 0 Å². The van der Waals surface area contributed by atoms with Crippen molar-refractivity contribution in [3.63, 3.8) is 0 Å². The number of hydrogen-bond donors (Lipinski definition) is 4. The fourth-order valence-electron chi connectivity index (χ4n) is 5.25. The molecule has 0 radical (unpaired) electrons. The van der Waals surface area contributed by atoms with Gasteiger partial charge in [0.15, 0.2) is 5.78 Å². The average Bonchev–Trinajstić information content (AvgIpc) is 3.30. The average molecular weight is 503 g/mol. The monoisotopic (exact) mass is 502 g/mol. The molecule has 3 aliphatic carbocycles. The minimum atomic E-state index is -1.55. The molecular formula is C27H30N6O4. The van der Waals surface area contributed by atoms with Crippen molar-refractivity contribution in [3.8, 4) is 17.5 Å². The third-order valence-corrected chi connectivity index (χ3v) is 7.74. The van der Waals surface area contributed by atoms with Gasteiger partial charge < -0.3 is 20.8 Å². The van der Waals surface area contributed by atoms with E-state index in [2.05, 4.69) is 26.8 Å². The fourth-order valence-corrected chi connectivity index (χ4v) is 5.25. The van der Waals surface area contributed by atoms with Crippen molar-refractivity contribution in [1.82, 2.24) is 19.9 Å². The van der Waals surface area contributed by atoms with Crippen LogP contribution in [-0.2, 0) is 4.79 Å². The molecule has 0 saturated heterocycles. The zero-order valence-electron chi connectivity index (χ0n) is 20.9. The summed E-state index contributed by atoms with van der Waals surface area (Å²) in [5.74, 6) is -0.977. The molecule has 10 nitrogen and oxygen atoms in total. The largest absolute Gasteiger partial charge is 0.390 e. The molecule has 37 heavy (non-hydrogen) atoms. The predicted molar refractivity (Wildman–Crippen MR) is 136 cm³/mol. The number of ketones is 1. The molecule has 2 bridgehead atoms. The van der Waals surface area contributed by atoms with E-state index in [9.17, 15) is 25.1 Å². The molecule has 0 aromatic carbocycles. The van der Waals surface area contributed by atoms with Gasteiger partial charge in [-0.3, -0.25) is 14.6 Å². The Morgan fingerprint density at radius 1 is 1.14 bits per heavy atom. The normalized spacial score (nSPS) is 23.0. The lowest BCUT2D eigenvalue weighted by atomic mass is 9.63. The first kappa shape index (κ1) is 24.9. The van der Waals surface area contributed by atoms with Gasteiger partial charge in [0.05, 0.1) is 52.1 Å². The van der Waals surface area contributed by atoms with E-state index in [1.807, 2.05) is 12.1 Å². The Kier molecular flexibility index (Phi) is 6.01. The Morgan fingerprint density at radius 3 is 2.49 bits per heavy atom. The molecule has 3 heterocycles. The van der Waals surface area contributed by atoms with E-state index < -0.39 is 22.9 Å². The second kappa shape index (κ2) is 8.94. The predicted octanol–water partition coefficient (Wildman–Crippen LogP) is 2.59. The lowest BCUT2D eigenvalue weighted by Crippen LogP contribution is -2.54. The minimum absolute atomic E-state index is 0.248. The van der Waals surface area contributed by atoms with Gasteiger partial charge in [-0.2, -0.15) is 10.4 Å². The van der Waals surface area contributed by atoms with E-state index in [1.54, 1.807) is 16.6 Å². The number of carbonyl (C=O) groups is 2. The smallest absolute Gasteiger partial charge is 0.255 e. The SMILES string of the molecule is CC(C)(O)C(=O)CNC(=O)c1cnc(-c2ccc3cc(C#N)cnn23)cc1NC12CCC(O)(CC1)CC2. The van der Waals surface area contributed by atoms with Crippen LogP contribution in [0.25, 0.3) is 16.9 Å². The maximum atomic E-state index is 13.2. The molecule has 3 aromatic rings. The van der Waals surface area contributed by atoms with Crippen molar-refractivity contribution in [2.45, 2.75) is 69.1 Å². The number of aliphatic hydroxyl groups is 2. The number of nitriles is 1. The van der Waals surface area contributed by atoms with Crippen molar-refractivity contribution < 1.29 is 19.8 Å². The fraction of sp³-hybridized carbons (Fsp3) is 0.444. The first-order chi connectivity index (χ1) is 17.5. The number of nitrogens with one attached hydrogen (secondary N) is 2. The first-order valence-electron chi connectivity index (χ1n) is 12.4. The van der Waals surface area contributed by atoms with Crippen LogP contribution in [-0.4, -0.2) is 59.8 Å². The molecule has 10 heteroatoms. The Labute approximate surface area is 214 Å². The van der Waals surface area contributed by atoms with Gasteiger partial charge in [0, 0.05) is 11.7 Å². The highest BCUT2D eigenvalue weighted by Gasteiger charge is 2.48. The number of nitrogens with zero attached hydrogens (tertiary/aromatic N) is 4. The van der Waals surface area contributed by atoms with Crippen LogP contribution in [0.5, 0.6) is 0 Å². The highest BCUT2D eigenvalue weighted by Crippen LogP contribution is 2.48. The molecule has 0 spiro atoms. The van der Waals surface area contributed by atoms with Crippen molar-refractivity contribution in [3.05, 3.63) is 47.8 Å². The number of aromatic nitrogens is 3. The third kappa shape index (κ3) is 4.80. The lowest BCUT2D eigenvalue weighted by molar-refractivity contribution is -0.132. The number of hydrogen-bond acceptors (Lipinski definition) is 8. The topological polar surface area (TPSA) is 153 Å². The molecule has 4 N–H and O–H groups in total. The summed E-state index contributed by atoms with van der Waals surface area (Å²) in [4.78, 5) is 29.9. The van der Waals surface area contributed by atoms with E-state index in [0.717, 1.165) is 24.8 Å². The molecule has 1 amide bonds. The van der Waals surface area contributed by atoms with Crippen molar-refractivity contribution >= 4 is 22.9 Å². The number of amides is 1.